The molecule has 1 atom stereocenters. The summed E-state index contributed by atoms with van der Waals surface area (Å²) in [6.07, 6.45) is -1.67. The van der Waals surface area contributed by atoms with Crippen LogP contribution in [0, 0.1) is 6.92 Å². The van der Waals surface area contributed by atoms with Crippen LogP contribution in [0.3, 0.4) is 0 Å². The predicted octanol–water partition coefficient (Wildman–Crippen LogP) is 4.76. The fraction of sp³-hybridized carbons (Fsp3) is 0.294. The minimum Gasteiger partial charge on any atom is -0.377 e. The SMILES string of the molecule is CO[C@@H](C)c1c(NC(=O)Nc2cncc(C(F)(F)F)c2)cnc2sc(C)nc12. The molecule has 3 rings (SSSR count). The van der Waals surface area contributed by atoms with Gasteiger partial charge in [0.25, 0.3) is 0 Å². The Bertz CT molecular complexity index is 1020. The average Bonchev–Trinajstić information content (AvgIpc) is 3.00. The van der Waals surface area contributed by atoms with Gasteiger partial charge in [-0.25, -0.2) is 14.8 Å². The van der Waals surface area contributed by atoms with Gasteiger partial charge in [-0.2, -0.15) is 13.2 Å². The third-order valence-corrected chi connectivity index (χ3v) is 4.78. The van der Waals surface area contributed by atoms with Crippen LogP contribution >= 0.6 is 11.3 Å². The van der Waals surface area contributed by atoms with Gasteiger partial charge in [0.2, 0.25) is 0 Å². The molecule has 0 radical (unpaired) electrons. The average molecular weight is 411 g/mol. The van der Waals surface area contributed by atoms with Gasteiger partial charge >= 0.3 is 12.2 Å². The molecule has 0 aliphatic heterocycles. The van der Waals surface area contributed by atoms with Crippen LogP contribution in [0.5, 0.6) is 0 Å². The fourth-order valence-electron chi connectivity index (χ4n) is 2.58. The van der Waals surface area contributed by atoms with Crippen molar-refractivity contribution in [1.29, 1.82) is 0 Å². The van der Waals surface area contributed by atoms with E-state index in [1.807, 2.05) is 6.92 Å². The molecule has 0 aromatic carbocycles. The number of aryl methyl sites for hydroxylation is 1. The second kappa shape index (κ2) is 7.68. The van der Waals surface area contributed by atoms with Crippen LogP contribution in [-0.4, -0.2) is 28.1 Å². The minimum absolute atomic E-state index is 0.0906. The molecule has 0 saturated heterocycles. The highest BCUT2D eigenvalue weighted by molar-refractivity contribution is 7.18. The lowest BCUT2D eigenvalue weighted by molar-refractivity contribution is -0.137. The van der Waals surface area contributed by atoms with E-state index in [-0.39, 0.29) is 5.69 Å². The number of urea groups is 1. The molecule has 0 spiro atoms. The smallest absolute Gasteiger partial charge is 0.377 e. The van der Waals surface area contributed by atoms with E-state index < -0.39 is 23.9 Å². The number of methoxy groups -OCH3 is 1. The Morgan fingerprint density at radius 2 is 2.00 bits per heavy atom. The van der Waals surface area contributed by atoms with E-state index in [4.69, 9.17) is 4.74 Å². The summed E-state index contributed by atoms with van der Waals surface area (Å²) in [5.74, 6) is 0. The maximum atomic E-state index is 12.8. The molecule has 0 aliphatic rings. The zero-order valence-corrected chi connectivity index (χ0v) is 15.9. The highest BCUT2D eigenvalue weighted by atomic mass is 32.1. The summed E-state index contributed by atoms with van der Waals surface area (Å²) in [5, 5.41) is 5.75. The Morgan fingerprint density at radius 3 is 2.68 bits per heavy atom. The van der Waals surface area contributed by atoms with E-state index in [2.05, 4.69) is 25.6 Å². The number of hydrogen-bond donors (Lipinski definition) is 2. The first-order valence-corrected chi connectivity index (χ1v) is 8.89. The maximum Gasteiger partial charge on any atom is 0.417 e. The highest BCUT2D eigenvalue weighted by Crippen LogP contribution is 2.34. The molecule has 0 bridgehead atoms. The number of nitrogens with one attached hydrogen (secondary N) is 2. The molecule has 2 N–H and O–H groups in total. The number of amides is 2. The molecule has 2 amide bonds. The molecule has 0 saturated carbocycles. The van der Waals surface area contributed by atoms with Crippen molar-refractivity contribution in [3.8, 4) is 0 Å². The van der Waals surface area contributed by atoms with Gasteiger partial charge in [0.1, 0.15) is 10.3 Å². The van der Waals surface area contributed by atoms with Crippen LogP contribution in [-0.2, 0) is 10.9 Å². The van der Waals surface area contributed by atoms with Crippen LogP contribution in [0.2, 0.25) is 0 Å². The summed E-state index contributed by atoms with van der Waals surface area (Å²) in [5.41, 5.74) is 0.543. The summed E-state index contributed by atoms with van der Waals surface area (Å²) < 4.78 is 43.7. The van der Waals surface area contributed by atoms with Crippen molar-refractivity contribution in [3.63, 3.8) is 0 Å². The Kier molecular flexibility index (Phi) is 5.47. The standard InChI is InChI=1S/C17H16F3N5O2S/c1-8(27-3)13-12(7-22-15-14(13)23-9(2)28-15)25-16(26)24-11-4-10(5-21-6-11)17(18,19)20/h4-8H,1-3H3,(H2,24,25,26)/t8-/m0/s1. The highest BCUT2D eigenvalue weighted by Gasteiger charge is 2.31. The molecule has 7 nitrogen and oxygen atoms in total. The fourth-order valence-corrected chi connectivity index (χ4v) is 3.35. The van der Waals surface area contributed by atoms with Gasteiger partial charge in [-0.15, -0.1) is 0 Å². The first-order chi connectivity index (χ1) is 13.2. The van der Waals surface area contributed by atoms with Crippen LogP contribution in [0.25, 0.3) is 10.3 Å². The Balaban J connectivity index is 1.87. The van der Waals surface area contributed by atoms with Crippen LogP contribution < -0.4 is 10.6 Å². The maximum absolute atomic E-state index is 12.8. The van der Waals surface area contributed by atoms with Crippen LogP contribution in [0.4, 0.5) is 29.3 Å². The third kappa shape index (κ3) is 4.20. The molecule has 0 aliphatic carbocycles. The summed E-state index contributed by atoms with van der Waals surface area (Å²) in [4.78, 5) is 25.3. The van der Waals surface area contributed by atoms with E-state index in [1.165, 1.54) is 24.6 Å². The van der Waals surface area contributed by atoms with E-state index in [0.29, 0.717) is 27.8 Å². The number of aromatic nitrogens is 3. The monoisotopic (exact) mass is 411 g/mol. The minimum atomic E-state index is -4.56. The number of alkyl halides is 3. The van der Waals surface area contributed by atoms with Gasteiger partial charge in [0.15, 0.2) is 0 Å². The van der Waals surface area contributed by atoms with E-state index in [0.717, 1.165) is 17.3 Å². The Labute approximate surface area is 162 Å². The number of carbonyl (C=O) groups is 1. The number of pyridine rings is 2. The van der Waals surface area contributed by atoms with Gasteiger partial charge in [0, 0.05) is 18.9 Å². The number of anilines is 2. The molecule has 148 valence electrons. The number of carbonyl (C=O) groups excluding carboxylic acids is 1. The molecule has 0 unspecified atom stereocenters. The Hall–Kier alpha value is -2.79. The zero-order valence-electron chi connectivity index (χ0n) is 15.1. The van der Waals surface area contributed by atoms with Crippen molar-refractivity contribution in [2.24, 2.45) is 0 Å². The molecule has 28 heavy (non-hydrogen) atoms. The molecule has 3 aromatic rings. The number of thiazole rings is 1. The lowest BCUT2D eigenvalue weighted by Crippen LogP contribution is -2.21. The lowest BCUT2D eigenvalue weighted by atomic mass is 10.1. The van der Waals surface area contributed by atoms with Crippen molar-refractivity contribution in [3.05, 3.63) is 40.8 Å². The molecular formula is C17H16F3N5O2S. The number of hydrogen-bond acceptors (Lipinski definition) is 6. The zero-order chi connectivity index (χ0) is 20.5. The molecule has 3 heterocycles. The van der Waals surface area contributed by atoms with Crippen molar-refractivity contribution in [2.75, 3.05) is 17.7 Å². The topological polar surface area (TPSA) is 89.0 Å². The van der Waals surface area contributed by atoms with Gasteiger partial charge in [-0.1, -0.05) is 11.3 Å². The lowest BCUT2D eigenvalue weighted by Gasteiger charge is -2.16. The molecule has 3 aromatic heterocycles. The molecular weight excluding hydrogens is 395 g/mol. The Morgan fingerprint density at radius 1 is 1.25 bits per heavy atom. The van der Waals surface area contributed by atoms with Gasteiger partial charge in [0.05, 0.1) is 40.4 Å². The summed E-state index contributed by atoms with van der Waals surface area (Å²) in [6.45, 7) is 3.64. The largest absolute Gasteiger partial charge is 0.417 e. The van der Waals surface area contributed by atoms with Gasteiger partial charge < -0.3 is 15.4 Å². The number of halogens is 3. The predicted molar refractivity (Wildman–Crippen MR) is 99.5 cm³/mol. The van der Waals surface area contributed by atoms with Crippen molar-refractivity contribution in [1.82, 2.24) is 15.0 Å². The van der Waals surface area contributed by atoms with Crippen LogP contribution in [0.15, 0.2) is 24.7 Å². The van der Waals surface area contributed by atoms with Gasteiger partial charge in [-0.3, -0.25) is 4.98 Å². The number of nitrogens with zero attached hydrogens (tertiary/aromatic N) is 3. The summed E-state index contributed by atoms with van der Waals surface area (Å²) in [6, 6.07) is 0.0648. The normalized spacial score (nSPS) is 12.8. The van der Waals surface area contributed by atoms with Crippen molar-refractivity contribution in [2.45, 2.75) is 26.1 Å². The number of fused-ring (bicyclic) bond motifs is 1. The van der Waals surface area contributed by atoms with E-state index >= 15 is 0 Å². The second-order valence-corrected chi connectivity index (χ2v) is 7.07. The van der Waals surface area contributed by atoms with Crippen LogP contribution in [0.1, 0.15) is 29.2 Å². The van der Waals surface area contributed by atoms with Crippen molar-refractivity contribution >= 4 is 39.1 Å². The van der Waals surface area contributed by atoms with Crippen molar-refractivity contribution < 1.29 is 22.7 Å². The molecule has 0 fully saturated rings. The summed E-state index contributed by atoms with van der Waals surface area (Å²) in [7, 11) is 1.52. The molecule has 11 heteroatoms. The first-order valence-electron chi connectivity index (χ1n) is 8.08. The third-order valence-electron chi connectivity index (χ3n) is 3.90. The van der Waals surface area contributed by atoms with E-state index in [9.17, 15) is 18.0 Å². The number of rotatable bonds is 4. The van der Waals surface area contributed by atoms with E-state index in [1.54, 1.807) is 6.92 Å². The first kappa shape index (κ1) is 20.0. The second-order valence-electron chi connectivity index (χ2n) is 5.89. The van der Waals surface area contributed by atoms with Gasteiger partial charge in [-0.05, 0) is 19.9 Å². The quantitative estimate of drug-likeness (QED) is 0.646. The number of ether oxygens (including phenoxy) is 1. The summed E-state index contributed by atoms with van der Waals surface area (Å²) >= 11 is 1.41.